The van der Waals surface area contributed by atoms with Gasteiger partial charge in [0, 0.05) is 30.6 Å². The summed E-state index contributed by atoms with van der Waals surface area (Å²) in [6.45, 7) is 3.47. The quantitative estimate of drug-likeness (QED) is 0.925. The first kappa shape index (κ1) is 14.1. The van der Waals surface area contributed by atoms with Crippen LogP contribution in [0.2, 0.25) is 0 Å². The second-order valence-electron chi connectivity index (χ2n) is 6.22. The van der Waals surface area contributed by atoms with Gasteiger partial charge in [-0.3, -0.25) is 9.59 Å². The predicted octanol–water partition coefficient (Wildman–Crippen LogP) is 2.13. The summed E-state index contributed by atoms with van der Waals surface area (Å²) < 4.78 is 0. The fourth-order valence-electron chi connectivity index (χ4n) is 2.77. The summed E-state index contributed by atoms with van der Waals surface area (Å²) in [5.41, 5.74) is 1.91. The monoisotopic (exact) mass is 286 g/mol. The molecule has 4 heteroatoms. The first-order chi connectivity index (χ1) is 10.1. The van der Waals surface area contributed by atoms with Crippen molar-refractivity contribution < 1.29 is 9.59 Å². The van der Waals surface area contributed by atoms with Gasteiger partial charge in [-0.15, -0.1) is 0 Å². The third-order valence-electron chi connectivity index (χ3n) is 4.38. The summed E-state index contributed by atoms with van der Waals surface area (Å²) in [5, 5.41) is 3.11. The van der Waals surface area contributed by atoms with Crippen molar-refractivity contribution in [2.24, 2.45) is 5.92 Å². The largest absolute Gasteiger partial charge is 0.353 e. The van der Waals surface area contributed by atoms with Gasteiger partial charge < -0.3 is 10.2 Å². The lowest BCUT2D eigenvalue weighted by Gasteiger charge is -2.32. The SMILES string of the molecule is Cc1ccc(C(=O)N2CCC(NC(=O)C3CC3)CC2)cc1. The van der Waals surface area contributed by atoms with E-state index in [1.165, 1.54) is 0 Å². The highest BCUT2D eigenvalue weighted by atomic mass is 16.2. The van der Waals surface area contributed by atoms with E-state index in [9.17, 15) is 9.59 Å². The molecule has 4 nitrogen and oxygen atoms in total. The van der Waals surface area contributed by atoms with Crippen LogP contribution in [0.3, 0.4) is 0 Å². The number of nitrogens with one attached hydrogen (secondary N) is 1. The molecule has 2 aliphatic rings. The first-order valence-corrected chi connectivity index (χ1v) is 7.80. The lowest BCUT2D eigenvalue weighted by atomic mass is 10.0. The molecule has 2 amide bonds. The summed E-state index contributed by atoms with van der Waals surface area (Å²) >= 11 is 0. The molecule has 0 aromatic heterocycles. The van der Waals surface area contributed by atoms with E-state index in [4.69, 9.17) is 0 Å². The minimum absolute atomic E-state index is 0.0990. The van der Waals surface area contributed by atoms with Crippen LogP contribution in [-0.2, 0) is 4.79 Å². The summed E-state index contributed by atoms with van der Waals surface area (Å²) in [5.74, 6) is 0.567. The van der Waals surface area contributed by atoms with E-state index in [1.54, 1.807) is 0 Å². The molecule has 1 saturated carbocycles. The Labute approximate surface area is 125 Å². The number of rotatable bonds is 3. The molecule has 1 N–H and O–H groups in total. The molecule has 0 unspecified atom stereocenters. The Bertz CT molecular complexity index is 526. The maximum absolute atomic E-state index is 12.4. The molecule has 0 atom stereocenters. The Morgan fingerprint density at radius 2 is 1.67 bits per heavy atom. The lowest BCUT2D eigenvalue weighted by Crippen LogP contribution is -2.46. The minimum atomic E-state index is 0.0990. The molecule has 2 fully saturated rings. The third kappa shape index (κ3) is 3.43. The third-order valence-corrected chi connectivity index (χ3v) is 4.38. The van der Waals surface area contributed by atoms with E-state index in [0.717, 1.165) is 49.9 Å². The number of benzene rings is 1. The van der Waals surface area contributed by atoms with Crippen LogP contribution in [0.4, 0.5) is 0 Å². The Hall–Kier alpha value is -1.84. The molecule has 0 spiro atoms. The lowest BCUT2D eigenvalue weighted by molar-refractivity contribution is -0.123. The van der Waals surface area contributed by atoms with Gasteiger partial charge in [-0.2, -0.15) is 0 Å². The first-order valence-electron chi connectivity index (χ1n) is 7.80. The van der Waals surface area contributed by atoms with Gasteiger partial charge in [-0.25, -0.2) is 0 Å². The highest BCUT2D eigenvalue weighted by Gasteiger charge is 2.32. The topological polar surface area (TPSA) is 49.4 Å². The molecule has 1 saturated heterocycles. The van der Waals surface area contributed by atoms with Gasteiger partial charge in [0.1, 0.15) is 0 Å². The number of likely N-dealkylation sites (tertiary alicyclic amines) is 1. The number of carbonyl (C=O) groups excluding carboxylic acids is 2. The number of nitrogens with zero attached hydrogens (tertiary/aromatic N) is 1. The molecule has 0 bridgehead atoms. The molecule has 1 aromatic rings. The summed E-state index contributed by atoms with van der Waals surface area (Å²) in [4.78, 5) is 26.0. The molecular formula is C17H22N2O2. The number of hydrogen-bond donors (Lipinski definition) is 1. The zero-order valence-corrected chi connectivity index (χ0v) is 12.5. The van der Waals surface area contributed by atoms with Crippen molar-refractivity contribution >= 4 is 11.8 Å². The minimum Gasteiger partial charge on any atom is -0.353 e. The van der Waals surface area contributed by atoms with Crippen molar-refractivity contribution in [3.05, 3.63) is 35.4 Å². The van der Waals surface area contributed by atoms with E-state index in [0.29, 0.717) is 0 Å². The molecule has 1 aliphatic heterocycles. The van der Waals surface area contributed by atoms with Crippen molar-refractivity contribution in [2.45, 2.75) is 38.6 Å². The van der Waals surface area contributed by atoms with Gasteiger partial charge in [-0.05, 0) is 44.7 Å². The number of piperidine rings is 1. The van der Waals surface area contributed by atoms with E-state index in [1.807, 2.05) is 36.1 Å². The molecule has 0 radical (unpaired) electrons. The van der Waals surface area contributed by atoms with Gasteiger partial charge in [0.2, 0.25) is 5.91 Å². The van der Waals surface area contributed by atoms with Crippen LogP contribution < -0.4 is 5.32 Å². The van der Waals surface area contributed by atoms with Gasteiger partial charge in [-0.1, -0.05) is 17.7 Å². The van der Waals surface area contributed by atoms with E-state index in [2.05, 4.69) is 5.32 Å². The van der Waals surface area contributed by atoms with Crippen molar-refractivity contribution in [3.8, 4) is 0 Å². The van der Waals surface area contributed by atoms with Crippen LogP contribution in [0, 0.1) is 12.8 Å². The van der Waals surface area contributed by atoms with Gasteiger partial charge in [0.25, 0.3) is 5.91 Å². The van der Waals surface area contributed by atoms with E-state index >= 15 is 0 Å². The Morgan fingerprint density at radius 3 is 2.24 bits per heavy atom. The Morgan fingerprint density at radius 1 is 1.05 bits per heavy atom. The zero-order valence-electron chi connectivity index (χ0n) is 12.5. The standard InChI is InChI=1S/C17H22N2O2/c1-12-2-4-14(5-3-12)17(21)19-10-8-15(9-11-19)18-16(20)13-6-7-13/h2-5,13,15H,6-11H2,1H3,(H,18,20). The van der Waals surface area contributed by atoms with Crippen LogP contribution in [-0.4, -0.2) is 35.8 Å². The molecule has 112 valence electrons. The van der Waals surface area contributed by atoms with E-state index < -0.39 is 0 Å². The second-order valence-corrected chi connectivity index (χ2v) is 6.22. The molecule has 1 aliphatic carbocycles. The number of aryl methyl sites for hydroxylation is 1. The van der Waals surface area contributed by atoms with Crippen LogP contribution in [0.25, 0.3) is 0 Å². The maximum Gasteiger partial charge on any atom is 0.253 e. The smallest absolute Gasteiger partial charge is 0.253 e. The Kier molecular flexibility index (Phi) is 3.95. The maximum atomic E-state index is 12.4. The zero-order chi connectivity index (χ0) is 14.8. The molecular weight excluding hydrogens is 264 g/mol. The fraction of sp³-hybridized carbons (Fsp3) is 0.529. The Balaban J connectivity index is 1.51. The predicted molar refractivity (Wildman–Crippen MR) is 81.0 cm³/mol. The summed E-state index contributed by atoms with van der Waals surface area (Å²) in [6, 6.07) is 7.95. The number of hydrogen-bond acceptors (Lipinski definition) is 2. The van der Waals surface area contributed by atoms with Crippen LogP contribution in [0.1, 0.15) is 41.6 Å². The van der Waals surface area contributed by atoms with Crippen LogP contribution in [0.15, 0.2) is 24.3 Å². The summed E-state index contributed by atoms with van der Waals surface area (Å²) in [7, 11) is 0. The molecule has 3 rings (SSSR count). The van der Waals surface area contributed by atoms with Crippen molar-refractivity contribution in [3.63, 3.8) is 0 Å². The van der Waals surface area contributed by atoms with Crippen LogP contribution in [0.5, 0.6) is 0 Å². The molecule has 1 heterocycles. The van der Waals surface area contributed by atoms with Crippen LogP contribution >= 0.6 is 0 Å². The number of amides is 2. The highest BCUT2D eigenvalue weighted by Crippen LogP contribution is 2.29. The fourth-order valence-corrected chi connectivity index (χ4v) is 2.77. The summed E-state index contributed by atoms with van der Waals surface area (Å²) in [6.07, 6.45) is 3.79. The average Bonchev–Trinajstić information content (AvgIpc) is 3.33. The normalized spacial score (nSPS) is 19.4. The van der Waals surface area contributed by atoms with Gasteiger partial charge >= 0.3 is 0 Å². The van der Waals surface area contributed by atoms with Crippen molar-refractivity contribution in [1.29, 1.82) is 0 Å². The van der Waals surface area contributed by atoms with Crippen molar-refractivity contribution in [2.75, 3.05) is 13.1 Å². The van der Waals surface area contributed by atoms with E-state index in [-0.39, 0.29) is 23.8 Å². The molecule has 1 aromatic carbocycles. The highest BCUT2D eigenvalue weighted by molar-refractivity contribution is 5.94. The van der Waals surface area contributed by atoms with Gasteiger partial charge in [0.05, 0.1) is 0 Å². The average molecular weight is 286 g/mol. The van der Waals surface area contributed by atoms with Gasteiger partial charge in [0.15, 0.2) is 0 Å². The van der Waals surface area contributed by atoms with Crippen molar-refractivity contribution in [1.82, 2.24) is 10.2 Å². The second kappa shape index (κ2) is 5.88. The number of carbonyl (C=O) groups is 2. The molecule has 21 heavy (non-hydrogen) atoms.